The standard InChI is InChI=1S/C10H6N2O2S/c1-2-8(15-5-1)10-12-6-7(14-10)9-11-3-4-13-9/h1-6H. The van der Waals surface area contributed by atoms with E-state index in [0.717, 1.165) is 4.88 Å². The maximum atomic E-state index is 5.52. The summed E-state index contributed by atoms with van der Waals surface area (Å²) in [5.74, 6) is 1.59. The smallest absolute Gasteiger partial charge is 0.264 e. The molecule has 0 aliphatic carbocycles. The first kappa shape index (κ1) is 8.43. The van der Waals surface area contributed by atoms with E-state index in [1.807, 2.05) is 17.5 Å². The molecular weight excluding hydrogens is 212 g/mol. The maximum Gasteiger partial charge on any atom is 0.264 e. The summed E-state index contributed by atoms with van der Waals surface area (Å²) in [7, 11) is 0. The number of rotatable bonds is 2. The quantitative estimate of drug-likeness (QED) is 0.663. The van der Waals surface area contributed by atoms with Crippen LogP contribution in [-0.2, 0) is 0 Å². The van der Waals surface area contributed by atoms with E-state index in [4.69, 9.17) is 8.83 Å². The normalized spacial score (nSPS) is 10.7. The maximum absolute atomic E-state index is 5.52. The zero-order valence-electron chi connectivity index (χ0n) is 7.58. The van der Waals surface area contributed by atoms with Crippen molar-refractivity contribution < 1.29 is 8.83 Å². The van der Waals surface area contributed by atoms with E-state index in [2.05, 4.69) is 9.97 Å². The Morgan fingerprint density at radius 3 is 2.93 bits per heavy atom. The number of thiophene rings is 1. The van der Waals surface area contributed by atoms with Crippen LogP contribution in [0.2, 0.25) is 0 Å². The Morgan fingerprint density at radius 2 is 2.20 bits per heavy atom. The lowest BCUT2D eigenvalue weighted by atomic mass is 10.5. The zero-order valence-corrected chi connectivity index (χ0v) is 8.40. The van der Waals surface area contributed by atoms with E-state index in [9.17, 15) is 0 Å². The van der Waals surface area contributed by atoms with Gasteiger partial charge in [0.25, 0.3) is 5.89 Å². The summed E-state index contributed by atoms with van der Waals surface area (Å²) in [6.07, 6.45) is 4.69. The van der Waals surface area contributed by atoms with Gasteiger partial charge < -0.3 is 8.83 Å². The van der Waals surface area contributed by atoms with Crippen molar-refractivity contribution in [3.63, 3.8) is 0 Å². The second-order valence-electron chi connectivity index (χ2n) is 2.84. The van der Waals surface area contributed by atoms with Crippen LogP contribution < -0.4 is 0 Å². The first-order valence-corrected chi connectivity index (χ1v) is 5.21. The Bertz CT molecular complexity index is 491. The molecule has 0 aliphatic heterocycles. The molecule has 5 heteroatoms. The highest BCUT2D eigenvalue weighted by Crippen LogP contribution is 2.27. The monoisotopic (exact) mass is 218 g/mol. The van der Waals surface area contributed by atoms with E-state index < -0.39 is 0 Å². The van der Waals surface area contributed by atoms with Gasteiger partial charge in [0.1, 0.15) is 6.26 Å². The minimum absolute atomic E-state index is 0.449. The van der Waals surface area contributed by atoms with Crippen molar-refractivity contribution in [3.05, 3.63) is 36.2 Å². The average molecular weight is 218 g/mol. The summed E-state index contributed by atoms with van der Waals surface area (Å²) in [6.45, 7) is 0. The molecular formula is C10H6N2O2S. The van der Waals surface area contributed by atoms with E-state index in [1.54, 1.807) is 23.7 Å². The van der Waals surface area contributed by atoms with E-state index in [-0.39, 0.29) is 0 Å². The lowest BCUT2D eigenvalue weighted by Crippen LogP contribution is -1.69. The highest BCUT2D eigenvalue weighted by molar-refractivity contribution is 7.13. The van der Waals surface area contributed by atoms with Crippen LogP contribution in [-0.4, -0.2) is 9.97 Å². The van der Waals surface area contributed by atoms with Crippen LogP contribution in [0.1, 0.15) is 0 Å². The molecule has 0 atom stereocenters. The van der Waals surface area contributed by atoms with Gasteiger partial charge >= 0.3 is 0 Å². The first-order valence-electron chi connectivity index (χ1n) is 4.33. The second kappa shape index (κ2) is 3.36. The largest absolute Gasteiger partial charge is 0.442 e. The fourth-order valence-electron chi connectivity index (χ4n) is 1.23. The molecule has 0 saturated carbocycles. The van der Waals surface area contributed by atoms with Crippen LogP contribution in [0.5, 0.6) is 0 Å². The minimum atomic E-state index is 0.449. The average Bonchev–Trinajstić information content (AvgIpc) is 3.02. The SMILES string of the molecule is c1csc(-c2ncc(-c3ncco3)o2)c1. The molecule has 0 amide bonds. The second-order valence-corrected chi connectivity index (χ2v) is 3.79. The molecule has 74 valence electrons. The Kier molecular flexibility index (Phi) is 1.89. The Hall–Kier alpha value is -1.88. The lowest BCUT2D eigenvalue weighted by Gasteiger charge is -1.87. The highest BCUT2D eigenvalue weighted by Gasteiger charge is 2.11. The van der Waals surface area contributed by atoms with Gasteiger partial charge in [0, 0.05) is 0 Å². The predicted octanol–water partition coefficient (Wildman–Crippen LogP) is 3.06. The van der Waals surface area contributed by atoms with Gasteiger partial charge in [-0.25, -0.2) is 9.97 Å². The first-order chi connectivity index (χ1) is 7.43. The molecule has 0 spiro atoms. The minimum Gasteiger partial charge on any atom is -0.442 e. The van der Waals surface area contributed by atoms with Crippen molar-refractivity contribution in [1.82, 2.24) is 9.97 Å². The van der Waals surface area contributed by atoms with E-state index in [0.29, 0.717) is 17.5 Å². The Balaban J connectivity index is 2.02. The van der Waals surface area contributed by atoms with E-state index in [1.165, 1.54) is 6.26 Å². The molecule has 15 heavy (non-hydrogen) atoms. The van der Waals surface area contributed by atoms with Crippen molar-refractivity contribution in [2.45, 2.75) is 0 Å². The van der Waals surface area contributed by atoms with Crippen molar-refractivity contribution >= 4 is 11.3 Å². The number of oxazole rings is 2. The summed E-state index contributed by atoms with van der Waals surface area (Å²) < 4.78 is 10.6. The van der Waals surface area contributed by atoms with E-state index >= 15 is 0 Å². The molecule has 3 rings (SSSR count). The molecule has 0 aliphatic rings. The third-order valence-corrected chi connectivity index (χ3v) is 2.74. The molecule has 0 bridgehead atoms. The predicted molar refractivity (Wildman–Crippen MR) is 55.3 cm³/mol. The van der Waals surface area contributed by atoms with Gasteiger partial charge in [0.2, 0.25) is 11.7 Å². The van der Waals surface area contributed by atoms with Crippen LogP contribution >= 0.6 is 11.3 Å². The molecule has 3 aromatic rings. The fraction of sp³-hybridized carbons (Fsp3) is 0. The molecule has 3 aromatic heterocycles. The van der Waals surface area contributed by atoms with Crippen molar-refractivity contribution in [2.75, 3.05) is 0 Å². The van der Waals surface area contributed by atoms with Gasteiger partial charge in [0.15, 0.2) is 0 Å². The summed E-state index contributed by atoms with van der Waals surface area (Å²) in [4.78, 5) is 9.14. The van der Waals surface area contributed by atoms with Crippen LogP contribution in [0.15, 0.2) is 45.0 Å². The molecule has 4 nitrogen and oxygen atoms in total. The van der Waals surface area contributed by atoms with Gasteiger partial charge in [0.05, 0.1) is 17.3 Å². The van der Waals surface area contributed by atoms with Gasteiger partial charge in [-0.3, -0.25) is 0 Å². The van der Waals surface area contributed by atoms with Gasteiger partial charge in [-0.1, -0.05) is 6.07 Å². The Morgan fingerprint density at radius 1 is 1.20 bits per heavy atom. The van der Waals surface area contributed by atoms with Crippen LogP contribution in [0.25, 0.3) is 22.4 Å². The molecule has 3 heterocycles. The summed E-state index contributed by atoms with van der Waals surface area (Å²) in [5.41, 5.74) is 0. The number of hydrogen-bond acceptors (Lipinski definition) is 5. The molecule has 0 fully saturated rings. The third kappa shape index (κ3) is 1.46. The molecule has 0 saturated heterocycles. The number of nitrogens with zero attached hydrogens (tertiary/aromatic N) is 2. The molecule has 0 aromatic carbocycles. The van der Waals surface area contributed by atoms with Crippen molar-refractivity contribution in [1.29, 1.82) is 0 Å². The van der Waals surface area contributed by atoms with Crippen LogP contribution in [0.3, 0.4) is 0 Å². The lowest BCUT2D eigenvalue weighted by molar-refractivity contribution is 0.522. The molecule has 0 radical (unpaired) electrons. The summed E-state index contributed by atoms with van der Waals surface area (Å²) >= 11 is 1.58. The third-order valence-electron chi connectivity index (χ3n) is 1.88. The fourth-order valence-corrected chi connectivity index (χ4v) is 1.89. The van der Waals surface area contributed by atoms with Gasteiger partial charge in [-0.2, -0.15) is 0 Å². The van der Waals surface area contributed by atoms with Crippen molar-refractivity contribution in [3.8, 4) is 22.4 Å². The Labute approximate surface area is 89.2 Å². The topological polar surface area (TPSA) is 52.1 Å². The summed E-state index contributed by atoms with van der Waals surface area (Å²) in [5, 5.41) is 1.98. The molecule has 0 N–H and O–H groups in total. The summed E-state index contributed by atoms with van der Waals surface area (Å²) in [6, 6.07) is 3.91. The highest BCUT2D eigenvalue weighted by atomic mass is 32.1. The van der Waals surface area contributed by atoms with Gasteiger partial charge in [-0.05, 0) is 11.4 Å². The zero-order chi connectivity index (χ0) is 10.1. The van der Waals surface area contributed by atoms with Gasteiger partial charge in [-0.15, -0.1) is 11.3 Å². The van der Waals surface area contributed by atoms with Crippen LogP contribution in [0, 0.1) is 0 Å². The molecule has 0 unspecified atom stereocenters. The number of hydrogen-bond donors (Lipinski definition) is 0. The van der Waals surface area contributed by atoms with Crippen molar-refractivity contribution in [2.24, 2.45) is 0 Å². The number of aromatic nitrogens is 2. The van der Waals surface area contributed by atoms with Crippen LogP contribution in [0.4, 0.5) is 0 Å².